The van der Waals surface area contributed by atoms with E-state index in [0.717, 1.165) is 0 Å². The Morgan fingerprint density at radius 2 is 2.06 bits per heavy atom. The Kier molecular flexibility index (Phi) is 5.30. The molecule has 0 bridgehead atoms. The van der Waals surface area contributed by atoms with Gasteiger partial charge >= 0.3 is 5.97 Å². The van der Waals surface area contributed by atoms with Crippen molar-refractivity contribution in [2.24, 2.45) is 5.92 Å². The lowest BCUT2D eigenvalue weighted by molar-refractivity contribution is -0.141. The molecule has 5 heteroatoms. The Hall–Kier alpha value is -1.91. The maximum Gasteiger partial charge on any atom is 0.308 e. The van der Waals surface area contributed by atoms with Gasteiger partial charge < -0.3 is 10.4 Å². The van der Waals surface area contributed by atoms with Crippen LogP contribution in [-0.2, 0) is 16.0 Å². The number of hydrogen-bond donors (Lipinski definition) is 2. The molecule has 1 atom stereocenters. The second-order valence-electron chi connectivity index (χ2n) is 4.13. The van der Waals surface area contributed by atoms with Crippen molar-refractivity contribution in [3.8, 4) is 0 Å². The number of halogens is 1. The molecule has 1 aromatic rings. The highest BCUT2D eigenvalue weighted by Gasteiger charge is 2.12. The Morgan fingerprint density at radius 3 is 2.67 bits per heavy atom. The van der Waals surface area contributed by atoms with Crippen LogP contribution in [0.4, 0.5) is 4.39 Å². The third-order valence-corrected chi connectivity index (χ3v) is 2.61. The van der Waals surface area contributed by atoms with Crippen molar-refractivity contribution in [3.63, 3.8) is 0 Å². The Morgan fingerprint density at radius 1 is 1.39 bits per heavy atom. The average molecular weight is 253 g/mol. The van der Waals surface area contributed by atoms with E-state index in [1.54, 1.807) is 18.2 Å². The van der Waals surface area contributed by atoms with E-state index in [1.165, 1.54) is 13.0 Å². The summed E-state index contributed by atoms with van der Waals surface area (Å²) in [5.74, 6) is -2.18. The summed E-state index contributed by atoms with van der Waals surface area (Å²) in [5.41, 5.74) is 0.485. The molecule has 18 heavy (non-hydrogen) atoms. The van der Waals surface area contributed by atoms with Gasteiger partial charge in [-0.3, -0.25) is 9.59 Å². The summed E-state index contributed by atoms with van der Waals surface area (Å²) < 4.78 is 13.3. The summed E-state index contributed by atoms with van der Waals surface area (Å²) in [4.78, 5) is 22.0. The van der Waals surface area contributed by atoms with Crippen LogP contribution < -0.4 is 5.32 Å². The molecule has 0 saturated heterocycles. The maximum absolute atomic E-state index is 13.3. The van der Waals surface area contributed by atoms with Crippen molar-refractivity contribution in [2.45, 2.75) is 19.8 Å². The first-order chi connectivity index (χ1) is 8.50. The van der Waals surface area contributed by atoms with Crippen LogP contribution in [0.2, 0.25) is 0 Å². The van der Waals surface area contributed by atoms with Crippen LogP contribution >= 0.6 is 0 Å². The van der Waals surface area contributed by atoms with Crippen molar-refractivity contribution >= 4 is 11.9 Å². The molecule has 0 aliphatic carbocycles. The number of rotatable bonds is 6. The van der Waals surface area contributed by atoms with Crippen LogP contribution in [0, 0.1) is 11.7 Å². The first-order valence-electron chi connectivity index (χ1n) is 5.73. The molecule has 98 valence electrons. The van der Waals surface area contributed by atoms with Crippen LogP contribution in [0.1, 0.15) is 18.9 Å². The summed E-state index contributed by atoms with van der Waals surface area (Å²) >= 11 is 0. The molecule has 0 spiro atoms. The van der Waals surface area contributed by atoms with Crippen LogP contribution in [0.25, 0.3) is 0 Å². The number of aryl methyl sites for hydroxylation is 1. The van der Waals surface area contributed by atoms with E-state index in [9.17, 15) is 14.0 Å². The molecule has 1 unspecified atom stereocenters. The largest absolute Gasteiger partial charge is 0.481 e. The van der Waals surface area contributed by atoms with Crippen molar-refractivity contribution in [1.82, 2.24) is 5.32 Å². The molecule has 0 heterocycles. The van der Waals surface area contributed by atoms with E-state index in [4.69, 9.17) is 5.11 Å². The smallest absolute Gasteiger partial charge is 0.308 e. The summed E-state index contributed by atoms with van der Waals surface area (Å²) in [6.45, 7) is 1.60. The van der Waals surface area contributed by atoms with Gasteiger partial charge in [-0.25, -0.2) is 4.39 Å². The van der Waals surface area contributed by atoms with E-state index in [1.807, 2.05) is 0 Å². The summed E-state index contributed by atoms with van der Waals surface area (Å²) in [7, 11) is 0. The number of amides is 1. The summed E-state index contributed by atoms with van der Waals surface area (Å²) in [5, 5.41) is 11.1. The Labute approximate surface area is 105 Å². The predicted octanol–water partition coefficient (Wildman–Crippen LogP) is 1.60. The minimum atomic E-state index is -0.954. The number of hydrogen-bond acceptors (Lipinski definition) is 2. The third-order valence-electron chi connectivity index (χ3n) is 2.61. The molecule has 0 saturated carbocycles. The monoisotopic (exact) mass is 253 g/mol. The number of carbonyl (C=O) groups is 2. The van der Waals surface area contributed by atoms with Crippen molar-refractivity contribution in [3.05, 3.63) is 35.6 Å². The van der Waals surface area contributed by atoms with Crippen LogP contribution in [0.3, 0.4) is 0 Å². The van der Waals surface area contributed by atoms with Gasteiger partial charge in [0.05, 0.1) is 5.92 Å². The fraction of sp³-hybridized carbons (Fsp3) is 0.385. The van der Waals surface area contributed by atoms with Crippen molar-refractivity contribution < 1.29 is 19.1 Å². The average Bonchev–Trinajstić information content (AvgIpc) is 2.34. The molecule has 0 aromatic heterocycles. The highest BCUT2D eigenvalue weighted by atomic mass is 19.1. The number of carboxylic acid groups (broad SMARTS) is 1. The lowest BCUT2D eigenvalue weighted by atomic mass is 10.1. The van der Waals surface area contributed by atoms with Crippen LogP contribution in [0.5, 0.6) is 0 Å². The van der Waals surface area contributed by atoms with Crippen molar-refractivity contribution in [1.29, 1.82) is 0 Å². The lowest BCUT2D eigenvalue weighted by Crippen LogP contribution is -2.31. The quantitative estimate of drug-likeness (QED) is 0.809. The topological polar surface area (TPSA) is 66.4 Å². The number of benzene rings is 1. The Balaban J connectivity index is 2.34. The molecule has 1 rings (SSSR count). The standard InChI is InChI=1S/C13H16FNO3/c1-9(13(17)18)8-15-12(16)7-6-10-4-2-3-5-11(10)14/h2-5,9H,6-8H2,1H3,(H,15,16)(H,17,18). The molecule has 0 aliphatic rings. The van der Waals surface area contributed by atoms with E-state index in [0.29, 0.717) is 12.0 Å². The summed E-state index contributed by atoms with van der Waals surface area (Å²) in [6, 6.07) is 6.28. The van der Waals surface area contributed by atoms with E-state index in [-0.39, 0.29) is 24.7 Å². The van der Waals surface area contributed by atoms with E-state index < -0.39 is 11.9 Å². The van der Waals surface area contributed by atoms with Gasteiger partial charge in [0, 0.05) is 13.0 Å². The molecule has 4 nitrogen and oxygen atoms in total. The summed E-state index contributed by atoms with van der Waals surface area (Å²) in [6.07, 6.45) is 0.452. The molecule has 0 aliphatic heterocycles. The minimum absolute atomic E-state index is 0.0887. The number of carboxylic acids is 1. The molecule has 1 aromatic carbocycles. The minimum Gasteiger partial charge on any atom is -0.481 e. The first-order valence-corrected chi connectivity index (χ1v) is 5.73. The SMILES string of the molecule is CC(CNC(=O)CCc1ccccc1F)C(=O)O. The van der Waals surface area contributed by atoms with Gasteiger partial charge in [0.1, 0.15) is 5.82 Å². The first kappa shape index (κ1) is 14.2. The number of carbonyl (C=O) groups excluding carboxylic acids is 1. The highest BCUT2D eigenvalue weighted by molar-refractivity contribution is 5.77. The molecule has 0 radical (unpaired) electrons. The zero-order valence-corrected chi connectivity index (χ0v) is 10.1. The fourth-order valence-corrected chi connectivity index (χ4v) is 1.39. The number of nitrogens with one attached hydrogen (secondary N) is 1. The van der Waals surface area contributed by atoms with Gasteiger partial charge in [-0.15, -0.1) is 0 Å². The van der Waals surface area contributed by atoms with Gasteiger partial charge in [0.25, 0.3) is 0 Å². The highest BCUT2D eigenvalue weighted by Crippen LogP contribution is 2.08. The molecule has 1 amide bonds. The molecule has 2 N–H and O–H groups in total. The van der Waals surface area contributed by atoms with Crippen molar-refractivity contribution in [2.75, 3.05) is 6.54 Å². The molecular weight excluding hydrogens is 237 g/mol. The normalized spacial score (nSPS) is 11.9. The van der Waals surface area contributed by atoms with Gasteiger partial charge in [-0.05, 0) is 18.1 Å². The van der Waals surface area contributed by atoms with Crippen LogP contribution in [0.15, 0.2) is 24.3 Å². The lowest BCUT2D eigenvalue weighted by Gasteiger charge is -2.08. The predicted molar refractivity (Wildman–Crippen MR) is 64.5 cm³/mol. The fourth-order valence-electron chi connectivity index (χ4n) is 1.39. The third kappa shape index (κ3) is 4.53. The van der Waals surface area contributed by atoms with Gasteiger partial charge in [-0.2, -0.15) is 0 Å². The van der Waals surface area contributed by atoms with Gasteiger partial charge in [-0.1, -0.05) is 25.1 Å². The van der Waals surface area contributed by atoms with E-state index in [2.05, 4.69) is 5.32 Å². The maximum atomic E-state index is 13.3. The Bertz CT molecular complexity index is 434. The van der Waals surface area contributed by atoms with E-state index >= 15 is 0 Å². The second kappa shape index (κ2) is 6.74. The number of aliphatic carboxylic acids is 1. The molecule has 0 fully saturated rings. The zero-order valence-electron chi connectivity index (χ0n) is 10.1. The van der Waals surface area contributed by atoms with Gasteiger partial charge in [0.2, 0.25) is 5.91 Å². The zero-order chi connectivity index (χ0) is 13.5. The second-order valence-corrected chi connectivity index (χ2v) is 4.13. The van der Waals surface area contributed by atoms with Crippen LogP contribution in [-0.4, -0.2) is 23.5 Å². The van der Waals surface area contributed by atoms with Gasteiger partial charge in [0.15, 0.2) is 0 Å². The molecular formula is C13H16FNO3.